The first-order valence-electron chi connectivity index (χ1n) is 5.77. The van der Waals surface area contributed by atoms with E-state index < -0.39 is 21.7 Å². The van der Waals surface area contributed by atoms with Gasteiger partial charge in [0.05, 0.1) is 7.11 Å². The quantitative estimate of drug-likeness (QED) is 0.696. The lowest BCUT2D eigenvalue weighted by atomic mass is 9.49. The number of nitrogens with two attached hydrogens (primary N) is 1. The van der Waals surface area contributed by atoms with Crippen molar-refractivity contribution in [1.82, 2.24) is 4.72 Å². The van der Waals surface area contributed by atoms with Gasteiger partial charge in [-0.25, -0.2) is 13.1 Å². The largest absolute Gasteiger partial charge is 0.468 e. The average molecular weight is 278 g/mol. The number of nitrogens with one attached hydrogen (secondary N) is 1. The van der Waals surface area contributed by atoms with Crippen molar-refractivity contribution in [1.29, 1.82) is 0 Å². The molecule has 1 fully saturated rings. The molecular formula is C11H22N2O4S. The van der Waals surface area contributed by atoms with E-state index in [0.29, 0.717) is 0 Å². The Morgan fingerprint density at radius 2 is 1.72 bits per heavy atom. The van der Waals surface area contributed by atoms with Crippen LogP contribution in [-0.4, -0.2) is 39.3 Å². The van der Waals surface area contributed by atoms with Crippen molar-refractivity contribution >= 4 is 16.0 Å². The summed E-state index contributed by atoms with van der Waals surface area (Å²) in [5.41, 5.74) is 5.36. The zero-order valence-electron chi connectivity index (χ0n) is 11.5. The Balaban J connectivity index is 2.82. The number of methoxy groups -OCH3 is 1. The molecule has 0 saturated heterocycles. The highest BCUT2D eigenvalue weighted by molar-refractivity contribution is 7.90. The summed E-state index contributed by atoms with van der Waals surface area (Å²) < 4.78 is 30.6. The highest BCUT2D eigenvalue weighted by Crippen LogP contribution is 2.52. The highest BCUT2D eigenvalue weighted by atomic mass is 32.2. The molecule has 3 N–H and O–H groups in total. The molecule has 1 aliphatic rings. The molecule has 0 spiro atoms. The highest BCUT2D eigenvalue weighted by Gasteiger charge is 2.60. The zero-order valence-corrected chi connectivity index (χ0v) is 12.3. The van der Waals surface area contributed by atoms with Crippen LogP contribution in [0.4, 0.5) is 0 Å². The van der Waals surface area contributed by atoms with Crippen molar-refractivity contribution < 1.29 is 17.9 Å². The van der Waals surface area contributed by atoms with Crippen molar-refractivity contribution in [2.45, 2.75) is 39.8 Å². The monoisotopic (exact) mass is 278 g/mol. The lowest BCUT2D eigenvalue weighted by Gasteiger charge is -2.62. The number of esters is 1. The lowest BCUT2D eigenvalue weighted by molar-refractivity contribution is -0.137. The Hall–Kier alpha value is -0.660. The van der Waals surface area contributed by atoms with Crippen LogP contribution in [0.5, 0.6) is 0 Å². The van der Waals surface area contributed by atoms with Crippen molar-refractivity contribution in [3.63, 3.8) is 0 Å². The summed E-state index contributed by atoms with van der Waals surface area (Å²) in [6.45, 7) is 7.64. The minimum atomic E-state index is -3.70. The van der Waals surface area contributed by atoms with Crippen LogP contribution >= 0.6 is 0 Å². The SMILES string of the molecule is COC(=O)CS(=O)(=O)NC1C(C)(C)C(N)C1(C)C. The summed E-state index contributed by atoms with van der Waals surface area (Å²) in [6.07, 6.45) is 0. The van der Waals surface area contributed by atoms with E-state index in [4.69, 9.17) is 5.73 Å². The Morgan fingerprint density at radius 3 is 2.11 bits per heavy atom. The number of hydrogen-bond acceptors (Lipinski definition) is 5. The molecule has 0 atom stereocenters. The molecule has 0 aliphatic heterocycles. The molecule has 6 nitrogen and oxygen atoms in total. The number of rotatable bonds is 4. The first kappa shape index (κ1) is 15.4. The molecule has 0 aromatic heterocycles. The van der Waals surface area contributed by atoms with E-state index in [1.54, 1.807) is 0 Å². The predicted octanol–water partition coefficient (Wildman–Crippen LogP) is -0.159. The summed E-state index contributed by atoms with van der Waals surface area (Å²) in [5, 5.41) is 0. The fourth-order valence-electron chi connectivity index (χ4n) is 2.92. The van der Waals surface area contributed by atoms with Gasteiger partial charge in [-0.05, 0) is 10.8 Å². The smallest absolute Gasteiger partial charge is 0.322 e. The number of ether oxygens (including phenoxy) is 1. The summed E-state index contributed by atoms with van der Waals surface area (Å²) >= 11 is 0. The van der Waals surface area contributed by atoms with Crippen LogP contribution in [0, 0.1) is 10.8 Å². The molecule has 0 radical (unpaired) electrons. The molecule has 0 aromatic rings. The standard InChI is InChI=1S/C11H22N2O4S/c1-10(2)8(12)11(3,4)9(10)13-18(15,16)6-7(14)17-5/h8-9,13H,6,12H2,1-5H3. The average Bonchev–Trinajstić information content (AvgIpc) is 2.24. The number of carbonyl (C=O) groups is 1. The van der Waals surface area contributed by atoms with Gasteiger partial charge in [0.2, 0.25) is 10.0 Å². The van der Waals surface area contributed by atoms with Crippen molar-refractivity contribution in [3.05, 3.63) is 0 Å². The van der Waals surface area contributed by atoms with Crippen LogP contribution < -0.4 is 10.5 Å². The predicted molar refractivity (Wildman–Crippen MR) is 68.3 cm³/mol. The molecule has 0 bridgehead atoms. The van der Waals surface area contributed by atoms with Crippen LogP contribution in [-0.2, 0) is 19.6 Å². The molecule has 18 heavy (non-hydrogen) atoms. The van der Waals surface area contributed by atoms with Crippen LogP contribution in [0.2, 0.25) is 0 Å². The van der Waals surface area contributed by atoms with E-state index in [2.05, 4.69) is 9.46 Å². The van der Waals surface area contributed by atoms with Gasteiger partial charge in [-0.15, -0.1) is 0 Å². The van der Waals surface area contributed by atoms with E-state index in [0.717, 1.165) is 7.11 Å². The van der Waals surface area contributed by atoms with Gasteiger partial charge in [-0.3, -0.25) is 4.79 Å². The minimum Gasteiger partial charge on any atom is -0.468 e. The third-order valence-electron chi connectivity index (χ3n) is 3.92. The Kier molecular flexibility index (Phi) is 3.82. The maximum Gasteiger partial charge on any atom is 0.322 e. The molecule has 0 aromatic carbocycles. The second kappa shape index (κ2) is 4.47. The van der Waals surface area contributed by atoms with Gasteiger partial charge in [-0.2, -0.15) is 0 Å². The molecule has 1 saturated carbocycles. The van der Waals surface area contributed by atoms with Crippen LogP contribution in [0.25, 0.3) is 0 Å². The van der Waals surface area contributed by atoms with Gasteiger partial charge in [0, 0.05) is 12.1 Å². The summed E-state index contributed by atoms with van der Waals surface area (Å²) in [5.74, 6) is -1.44. The third kappa shape index (κ3) is 2.53. The zero-order chi connectivity index (χ0) is 14.4. The van der Waals surface area contributed by atoms with E-state index in [1.165, 1.54) is 0 Å². The van der Waals surface area contributed by atoms with Gasteiger partial charge < -0.3 is 10.5 Å². The minimum absolute atomic E-state index is 0.101. The first-order chi connectivity index (χ1) is 7.95. The first-order valence-corrected chi connectivity index (χ1v) is 7.43. The second-order valence-corrected chi connectivity index (χ2v) is 7.76. The van der Waals surface area contributed by atoms with Gasteiger partial charge >= 0.3 is 5.97 Å². The van der Waals surface area contributed by atoms with Crippen LogP contribution in [0.3, 0.4) is 0 Å². The maximum atomic E-state index is 11.8. The second-order valence-electron chi connectivity index (χ2n) is 6.01. The number of carbonyl (C=O) groups excluding carboxylic acids is 1. The summed E-state index contributed by atoms with van der Waals surface area (Å²) in [6, 6.07) is -0.398. The molecule has 7 heteroatoms. The van der Waals surface area contributed by atoms with Gasteiger partial charge in [0.15, 0.2) is 5.75 Å². The molecule has 0 heterocycles. The molecule has 0 amide bonds. The topological polar surface area (TPSA) is 98.5 Å². The molecule has 1 aliphatic carbocycles. The van der Waals surface area contributed by atoms with Crippen LogP contribution in [0.15, 0.2) is 0 Å². The van der Waals surface area contributed by atoms with Crippen molar-refractivity contribution in [3.8, 4) is 0 Å². The van der Waals surface area contributed by atoms with Crippen molar-refractivity contribution in [2.24, 2.45) is 16.6 Å². The number of hydrogen-bond donors (Lipinski definition) is 2. The van der Waals surface area contributed by atoms with Gasteiger partial charge in [0.25, 0.3) is 0 Å². The van der Waals surface area contributed by atoms with E-state index >= 15 is 0 Å². The third-order valence-corrected chi connectivity index (χ3v) is 5.13. The summed E-state index contributed by atoms with van der Waals surface area (Å²) in [7, 11) is -2.54. The molecule has 1 rings (SSSR count). The maximum absolute atomic E-state index is 11.8. The van der Waals surface area contributed by atoms with Crippen LogP contribution in [0.1, 0.15) is 27.7 Å². The van der Waals surface area contributed by atoms with E-state index in [1.807, 2.05) is 27.7 Å². The number of sulfonamides is 1. The molecule has 106 valence electrons. The molecular weight excluding hydrogens is 256 g/mol. The van der Waals surface area contributed by atoms with E-state index in [9.17, 15) is 13.2 Å². The van der Waals surface area contributed by atoms with E-state index in [-0.39, 0.29) is 22.9 Å². The summed E-state index contributed by atoms with van der Waals surface area (Å²) in [4.78, 5) is 11.0. The normalized spacial score (nSPS) is 29.4. The Morgan fingerprint density at radius 1 is 1.28 bits per heavy atom. The lowest BCUT2D eigenvalue weighted by Crippen LogP contribution is -2.76. The molecule has 0 unspecified atom stereocenters. The fraction of sp³-hybridized carbons (Fsp3) is 0.909. The Labute approximate surface area is 108 Å². The Bertz CT molecular complexity index is 426. The van der Waals surface area contributed by atoms with Crippen molar-refractivity contribution in [2.75, 3.05) is 12.9 Å². The van der Waals surface area contributed by atoms with Gasteiger partial charge in [-0.1, -0.05) is 27.7 Å². The van der Waals surface area contributed by atoms with Gasteiger partial charge in [0.1, 0.15) is 0 Å². The fourth-order valence-corrected chi connectivity index (χ4v) is 4.40.